The number of esters is 1. The molecule has 1 heterocycles. The van der Waals surface area contributed by atoms with Gasteiger partial charge in [0.25, 0.3) is 5.56 Å². The molecule has 0 amide bonds. The number of hydrogen-bond acceptors (Lipinski definition) is 3. The molecule has 0 radical (unpaired) electrons. The molecule has 0 aliphatic rings. The zero-order valence-electron chi connectivity index (χ0n) is 11.6. The third-order valence-corrected chi connectivity index (χ3v) is 3.28. The second-order valence-corrected chi connectivity index (χ2v) is 4.61. The van der Waals surface area contributed by atoms with Gasteiger partial charge in [0.2, 0.25) is 0 Å². The van der Waals surface area contributed by atoms with Crippen molar-refractivity contribution in [2.24, 2.45) is 0 Å². The summed E-state index contributed by atoms with van der Waals surface area (Å²) >= 11 is 0. The minimum absolute atomic E-state index is 0.0436. The molecule has 104 valence electrons. The Morgan fingerprint density at radius 3 is 2.45 bits per heavy atom. The van der Waals surface area contributed by atoms with Gasteiger partial charge < -0.3 is 9.30 Å². The van der Waals surface area contributed by atoms with E-state index in [2.05, 4.69) is 0 Å². The summed E-state index contributed by atoms with van der Waals surface area (Å²) in [6.07, 6.45) is 0.216. The third-order valence-electron chi connectivity index (χ3n) is 3.28. The van der Waals surface area contributed by atoms with Crippen LogP contribution in [0.4, 0.5) is 0 Å². The fraction of sp³-hybridized carbons (Fsp3) is 0.250. The van der Waals surface area contributed by atoms with Crippen LogP contribution in [0.2, 0.25) is 0 Å². The lowest BCUT2D eigenvalue weighted by molar-refractivity contribution is -0.139. The zero-order valence-corrected chi connectivity index (χ0v) is 11.6. The molecule has 4 heteroatoms. The van der Waals surface area contributed by atoms with E-state index in [1.807, 2.05) is 37.3 Å². The maximum Gasteiger partial charge on any atom is 0.309 e. The lowest BCUT2D eigenvalue weighted by Crippen LogP contribution is -2.22. The Kier molecular flexibility index (Phi) is 4.35. The highest BCUT2D eigenvalue weighted by Crippen LogP contribution is 2.12. The van der Waals surface area contributed by atoms with Gasteiger partial charge >= 0.3 is 5.97 Å². The standard InChI is InChI=1S/C16H17NO3/c1-12-6-5-9-15(18)17(12)11-14-8-4-3-7-13(14)10-16(19)20-2/h3-9H,10-11H2,1-2H3. The molecule has 0 bridgehead atoms. The molecule has 0 saturated carbocycles. The van der Waals surface area contributed by atoms with Crippen molar-refractivity contribution in [1.29, 1.82) is 0 Å². The zero-order chi connectivity index (χ0) is 14.5. The Labute approximate surface area is 117 Å². The Morgan fingerprint density at radius 2 is 1.80 bits per heavy atom. The van der Waals surface area contributed by atoms with Gasteiger partial charge in [0.05, 0.1) is 20.1 Å². The molecule has 4 nitrogen and oxygen atoms in total. The van der Waals surface area contributed by atoms with Gasteiger partial charge in [-0.15, -0.1) is 0 Å². The third kappa shape index (κ3) is 3.15. The SMILES string of the molecule is COC(=O)Cc1ccccc1Cn1c(C)cccc1=O. The predicted molar refractivity (Wildman–Crippen MR) is 76.7 cm³/mol. The summed E-state index contributed by atoms with van der Waals surface area (Å²) in [5, 5.41) is 0. The highest BCUT2D eigenvalue weighted by molar-refractivity contribution is 5.72. The van der Waals surface area contributed by atoms with Crippen LogP contribution in [0.1, 0.15) is 16.8 Å². The first-order valence-corrected chi connectivity index (χ1v) is 6.42. The molecule has 0 aliphatic heterocycles. The Morgan fingerprint density at radius 1 is 1.10 bits per heavy atom. The number of rotatable bonds is 4. The van der Waals surface area contributed by atoms with Gasteiger partial charge in [0.15, 0.2) is 0 Å². The van der Waals surface area contributed by atoms with Gasteiger partial charge in [-0.3, -0.25) is 9.59 Å². The molecule has 0 N–H and O–H groups in total. The average molecular weight is 271 g/mol. The van der Waals surface area contributed by atoms with E-state index in [1.165, 1.54) is 13.2 Å². The summed E-state index contributed by atoms with van der Waals surface area (Å²) in [5.41, 5.74) is 2.69. The highest BCUT2D eigenvalue weighted by Gasteiger charge is 2.09. The summed E-state index contributed by atoms with van der Waals surface area (Å²) in [5.74, 6) is -0.283. The fourth-order valence-corrected chi connectivity index (χ4v) is 2.11. The maximum absolute atomic E-state index is 11.9. The van der Waals surface area contributed by atoms with Crippen LogP contribution in [-0.4, -0.2) is 17.6 Å². The molecule has 0 unspecified atom stereocenters. The van der Waals surface area contributed by atoms with Gasteiger partial charge in [0.1, 0.15) is 0 Å². The lowest BCUT2D eigenvalue weighted by atomic mass is 10.0. The molecular formula is C16H17NO3. The second kappa shape index (κ2) is 6.19. The van der Waals surface area contributed by atoms with E-state index in [0.717, 1.165) is 16.8 Å². The van der Waals surface area contributed by atoms with E-state index in [-0.39, 0.29) is 17.9 Å². The summed E-state index contributed by atoms with van der Waals surface area (Å²) < 4.78 is 6.39. The maximum atomic E-state index is 11.9. The molecule has 0 spiro atoms. The van der Waals surface area contributed by atoms with Crippen LogP contribution in [0.3, 0.4) is 0 Å². The first kappa shape index (κ1) is 14.1. The Bertz CT molecular complexity index is 673. The van der Waals surface area contributed by atoms with E-state index >= 15 is 0 Å². The van der Waals surface area contributed by atoms with Crippen molar-refractivity contribution in [3.05, 3.63) is 69.6 Å². The van der Waals surface area contributed by atoms with Gasteiger partial charge in [-0.2, -0.15) is 0 Å². The molecule has 0 aliphatic carbocycles. The van der Waals surface area contributed by atoms with Crippen LogP contribution in [0.5, 0.6) is 0 Å². The average Bonchev–Trinajstić information content (AvgIpc) is 2.44. The van der Waals surface area contributed by atoms with E-state index in [9.17, 15) is 9.59 Å². The van der Waals surface area contributed by atoms with Gasteiger partial charge in [0, 0.05) is 11.8 Å². The number of aryl methyl sites for hydroxylation is 1. The number of benzene rings is 1. The highest BCUT2D eigenvalue weighted by atomic mass is 16.5. The molecule has 2 rings (SSSR count). The van der Waals surface area contributed by atoms with Crippen LogP contribution in [0.15, 0.2) is 47.3 Å². The van der Waals surface area contributed by atoms with Crippen molar-refractivity contribution in [1.82, 2.24) is 4.57 Å². The van der Waals surface area contributed by atoms with Crippen LogP contribution >= 0.6 is 0 Å². The first-order valence-electron chi connectivity index (χ1n) is 6.42. The predicted octanol–water partition coefficient (Wildman–Crippen LogP) is 1.92. The van der Waals surface area contributed by atoms with Crippen LogP contribution in [0, 0.1) is 6.92 Å². The van der Waals surface area contributed by atoms with Crippen LogP contribution < -0.4 is 5.56 Å². The largest absolute Gasteiger partial charge is 0.469 e. The van der Waals surface area contributed by atoms with Crippen molar-refractivity contribution in [2.75, 3.05) is 7.11 Å². The van der Waals surface area contributed by atoms with Crippen molar-refractivity contribution in [2.45, 2.75) is 19.9 Å². The Balaban J connectivity index is 2.34. The number of aromatic nitrogens is 1. The number of methoxy groups -OCH3 is 1. The van der Waals surface area contributed by atoms with Gasteiger partial charge in [-0.25, -0.2) is 0 Å². The summed E-state index contributed by atoms with van der Waals surface area (Å²) in [6, 6.07) is 12.8. The first-order chi connectivity index (χ1) is 9.61. The minimum atomic E-state index is -0.283. The van der Waals surface area contributed by atoms with Crippen LogP contribution in [-0.2, 0) is 22.5 Å². The fourth-order valence-electron chi connectivity index (χ4n) is 2.11. The second-order valence-electron chi connectivity index (χ2n) is 4.61. The molecule has 0 atom stereocenters. The molecule has 20 heavy (non-hydrogen) atoms. The minimum Gasteiger partial charge on any atom is -0.469 e. The summed E-state index contributed by atoms with van der Waals surface area (Å²) in [4.78, 5) is 23.3. The number of pyridine rings is 1. The van der Waals surface area contributed by atoms with Crippen molar-refractivity contribution < 1.29 is 9.53 Å². The van der Waals surface area contributed by atoms with Gasteiger partial charge in [-0.1, -0.05) is 30.3 Å². The lowest BCUT2D eigenvalue weighted by Gasteiger charge is -2.12. The normalized spacial score (nSPS) is 10.3. The molecule has 0 saturated heterocycles. The summed E-state index contributed by atoms with van der Waals surface area (Å²) in [7, 11) is 1.37. The molecule has 1 aromatic carbocycles. The molecule has 2 aromatic rings. The number of hydrogen-bond donors (Lipinski definition) is 0. The molecular weight excluding hydrogens is 254 g/mol. The topological polar surface area (TPSA) is 48.3 Å². The van der Waals surface area contributed by atoms with E-state index in [1.54, 1.807) is 10.6 Å². The van der Waals surface area contributed by atoms with Gasteiger partial charge in [-0.05, 0) is 24.1 Å². The summed E-state index contributed by atoms with van der Waals surface area (Å²) in [6.45, 7) is 2.35. The van der Waals surface area contributed by atoms with Crippen molar-refractivity contribution in [3.63, 3.8) is 0 Å². The molecule has 1 aromatic heterocycles. The number of carbonyl (C=O) groups excluding carboxylic acids is 1. The van der Waals surface area contributed by atoms with Crippen molar-refractivity contribution in [3.8, 4) is 0 Å². The quantitative estimate of drug-likeness (QED) is 0.798. The van der Waals surface area contributed by atoms with E-state index in [0.29, 0.717) is 6.54 Å². The Hall–Kier alpha value is -2.36. The monoisotopic (exact) mass is 271 g/mol. The van der Waals surface area contributed by atoms with Crippen LogP contribution in [0.25, 0.3) is 0 Å². The smallest absolute Gasteiger partial charge is 0.309 e. The number of nitrogens with zero attached hydrogens (tertiary/aromatic N) is 1. The van der Waals surface area contributed by atoms with Crippen molar-refractivity contribution >= 4 is 5.97 Å². The number of carbonyl (C=O) groups is 1. The van der Waals surface area contributed by atoms with E-state index < -0.39 is 0 Å². The molecule has 0 fully saturated rings. The van der Waals surface area contributed by atoms with E-state index in [4.69, 9.17) is 4.74 Å². The number of ether oxygens (including phenoxy) is 1.